The van der Waals surface area contributed by atoms with Crippen molar-refractivity contribution in [2.45, 2.75) is 37.2 Å². The lowest BCUT2D eigenvalue weighted by atomic mass is 10.2. The summed E-state index contributed by atoms with van der Waals surface area (Å²) in [6.07, 6.45) is 1.88. The molecule has 2 aliphatic heterocycles. The van der Waals surface area contributed by atoms with Gasteiger partial charge in [-0.05, 0) is 30.5 Å². The SMILES string of the molecule is O=C(CCn1c(=O)oc2cc(S(=O)(=O)N3CCCC3)ccc21)N1CCN(Cc2ccccc2)CC1. The fraction of sp³-hybridized carbons (Fsp3) is 0.440. The Balaban J connectivity index is 1.20. The molecule has 3 heterocycles. The fourth-order valence-electron chi connectivity index (χ4n) is 4.86. The third-order valence-electron chi connectivity index (χ3n) is 6.87. The Kier molecular flexibility index (Phi) is 6.77. The zero-order valence-corrected chi connectivity index (χ0v) is 20.5. The van der Waals surface area contributed by atoms with Crippen molar-refractivity contribution in [3.8, 4) is 0 Å². The van der Waals surface area contributed by atoms with Gasteiger partial charge in [0.15, 0.2) is 5.58 Å². The topological polar surface area (TPSA) is 96.1 Å². The molecular formula is C25H30N4O5S. The number of aromatic nitrogens is 1. The second-order valence-corrected chi connectivity index (χ2v) is 11.1. The minimum absolute atomic E-state index is 0.00107. The highest BCUT2D eigenvalue weighted by Crippen LogP contribution is 2.24. The van der Waals surface area contributed by atoms with Crippen LogP contribution in [0, 0.1) is 0 Å². The molecule has 0 bridgehead atoms. The fourth-order valence-corrected chi connectivity index (χ4v) is 6.39. The lowest BCUT2D eigenvalue weighted by molar-refractivity contribution is -0.133. The smallest absolute Gasteiger partial charge is 0.408 e. The van der Waals surface area contributed by atoms with E-state index in [9.17, 15) is 18.0 Å². The van der Waals surface area contributed by atoms with Crippen molar-refractivity contribution in [1.29, 1.82) is 0 Å². The summed E-state index contributed by atoms with van der Waals surface area (Å²) >= 11 is 0. The number of sulfonamides is 1. The molecule has 10 heteroatoms. The summed E-state index contributed by atoms with van der Waals surface area (Å²) in [5.41, 5.74) is 1.97. The van der Waals surface area contributed by atoms with Gasteiger partial charge < -0.3 is 9.32 Å². The Morgan fingerprint density at radius 1 is 0.914 bits per heavy atom. The van der Waals surface area contributed by atoms with Crippen molar-refractivity contribution in [3.05, 3.63) is 64.6 Å². The van der Waals surface area contributed by atoms with Gasteiger partial charge in [0, 0.05) is 64.8 Å². The Bertz CT molecular complexity index is 1350. The average molecular weight is 499 g/mol. The van der Waals surface area contributed by atoms with Gasteiger partial charge in [-0.2, -0.15) is 4.31 Å². The predicted molar refractivity (Wildman–Crippen MR) is 131 cm³/mol. The normalized spacial score (nSPS) is 17.9. The number of hydrogen-bond acceptors (Lipinski definition) is 6. The van der Waals surface area contributed by atoms with Gasteiger partial charge in [0.25, 0.3) is 0 Å². The number of amides is 1. The van der Waals surface area contributed by atoms with Crippen LogP contribution in [0.2, 0.25) is 0 Å². The number of piperazine rings is 1. The molecule has 2 aliphatic rings. The molecule has 1 amide bonds. The maximum atomic E-state index is 12.8. The first-order valence-electron chi connectivity index (χ1n) is 12.1. The van der Waals surface area contributed by atoms with E-state index in [-0.39, 0.29) is 29.4 Å². The summed E-state index contributed by atoms with van der Waals surface area (Å²) in [6, 6.07) is 14.8. The molecular weight excluding hydrogens is 468 g/mol. The van der Waals surface area contributed by atoms with E-state index >= 15 is 0 Å². The lowest BCUT2D eigenvalue weighted by Crippen LogP contribution is -2.48. The van der Waals surface area contributed by atoms with Crippen LogP contribution in [0.25, 0.3) is 11.1 Å². The highest BCUT2D eigenvalue weighted by molar-refractivity contribution is 7.89. The lowest BCUT2D eigenvalue weighted by Gasteiger charge is -2.34. The number of fused-ring (bicyclic) bond motifs is 1. The van der Waals surface area contributed by atoms with Crippen LogP contribution >= 0.6 is 0 Å². The van der Waals surface area contributed by atoms with Crippen molar-refractivity contribution >= 4 is 27.0 Å². The maximum Gasteiger partial charge on any atom is 0.419 e. The maximum absolute atomic E-state index is 12.8. The van der Waals surface area contributed by atoms with Crippen molar-refractivity contribution < 1.29 is 17.6 Å². The second-order valence-electron chi connectivity index (χ2n) is 9.15. The summed E-state index contributed by atoms with van der Waals surface area (Å²) in [5.74, 6) is -0.588. The minimum atomic E-state index is -3.60. The van der Waals surface area contributed by atoms with Gasteiger partial charge in [0.1, 0.15) is 0 Å². The Labute approximate surface area is 204 Å². The van der Waals surface area contributed by atoms with Crippen LogP contribution in [0.3, 0.4) is 0 Å². The summed E-state index contributed by atoms with van der Waals surface area (Å²) in [4.78, 5) is 29.6. The molecule has 0 unspecified atom stereocenters. The first kappa shape index (κ1) is 23.8. The molecule has 2 aromatic carbocycles. The van der Waals surface area contributed by atoms with Crippen LogP contribution in [0.5, 0.6) is 0 Å². The number of carbonyl (C=O) groups excluding carboxylic acids is 1. The van der Waals surface area contributed by atoms with Gasteiger partial charge in [-0.25, -0.2) is 13.2 Å². The molecule has 0 aliphatic carbocycles. The van der Waals surface area contributed by atoms with Crippen LogP contribution in [0.1, 0.15) is 24.8 Å². The van der Waals surface area contributed by atoms with E-state index in [2.05, 4.69) is 17.0 Å². The standard InChI is InChI=1S/C25H30N4O5S/c30-24(27-16-14-26(15-17-27)19-20-6-2-1-3-7-20)10-13-29-22-9-8-21(18-23(22)34-25(29)31)35(32,33)28-11-4-5-12-28/h1-3,6-9,18H,4-5,10-17,19H2. The molecule has 2 saturated heterocycles. The molecule has 0 N–H and O–H groups in total. The third-order valence-corrected chi connectivity index (χ3v) is 8.76. The number of rotatable bonds is 7. The summed E-state index contributed by atoms with van der Waals surface area (Å²) < 4.78 is 33.9. The van der Waals surface area contributed by atoms with Crippen molar-refractivity contribution in [3.63, 3.8) is 0 Å². The highest BCUT2D eigenvalue weighted by atomic mass is 32.2. The highest BCUT2D eigenvalue weighted by Gasteiger charge is 2.28. The van der Waals surface area contributed by atoms with Gasteiger partial charge in [-0.1, -0.05) is 30.3 Å². The number of carbonyl (C=O) groups is 1. The van der Waals surface area contributed by atoms with E-state index in [1.54, 1.807) is 6.07 Å². The van der Waals surface area contributed by atoms with Gasteiger partial charge >= 0.3 is 5.76 Å². The first-order valence-corrected chi connectivity index (χ1v) is 13.5. The molecule has 3 aromatic rings. The van der Waals surface area contributed by atoms with Gasteiger partial charge in [-0.3, -0.25) is 14.3 Å². The molecule has 9 nitrogen and oxygen atoms in total. The molecule has 2 fully saturated rings. The number of hydrogen-bond donors (Lipinski definition) is 0. The molecule has 35 heavy (non-hydrogen) atoms. The van der Waals surface area contributed by atoms with Crippen molar-refractivity contribution in [2.24, 2.45) is 0 Å². The Hall–Kier alpha value is -2.95. The minimum Gasteiger partial charge on any atom is -0.408 e. The van der Waals surface area contributed by atoms with E-state index in [4.69, 9.17) is 4.42 Å². The largest absolute Gasteiger partial charge is 0.419 e. The van der Waals surface area contributed by atoms with Crippen LogP contribution < -0.4 is 5.76 Å². The van der Waals surface area contributed by atoms with Gasteiger partial charge in [0.2, 0.25) is 15.9 Å². The van der Waals surface area contributed by atoms with E-state index in [1.165, 1.54) is 26.6 Å². The average Bonchev–Trinajstić information content (AvgIpc) is 3.51. The number of benzene rings is 2. The zero-order chi connectivity index (χ0) is 24.4. The Morgan fingerprint density at radius 2 is 1.63 bits per heavy atom. The van der Waals surface area contributed by atoms with E-state index in [1.807, 2.05) is 23.1 Å². The molecule has 5 rings (SSSR count). The first-order chi connectivity index (χ1) is 16.9. The van der Waals surface area contributed by atoms with Crippen molar-refractivity contribution in [1.82, 2.24) is 18.7 Å². The monoisotopic (exact) mass is 498 g/mol. The second kappa shape index (κ2) is 9.96. The van der Waals surface area contributed by atoms with Crippen LogP contribution in [-0.4, -0.2) is 72.3 Å². The molecule has 1 aromatic heterocycles. The molecule has 186 valence electrons. The Morgan fingerprint density at radius 3 is 2.34 bits per heavy atom. The van der Waals surface area contributed by atoms with Gasteiger partial charge in [-0.15, -0.1) is 0 Å². The quantitative estimate of drug-likeness (QED) is 0.495. The summed E-state index contributed by atoms with van der Waals surface area (Å²) in [5, 5.41) is 0. The van der Waals surface area contributed by atoms with Crippen molar-refractivity contribution in [2.75, 3.05) is 39.3 Å². The van der Waals surface area contributed by atoms with Crippen LogP contribution in [0.4, 0.5) is 0 Å². The van der Waals surface area contributed by atoms with E-state index in [0.29, 0.717) is 31.7 Å². The van der Waals surface area contributed by atoms with E-state index in [0.717, 1.165) is 32.5 Å². The molecule has 0 atom stereocenters. The van der Waals surface area contributed by atoms with Gasteiger partial charge in [0.05, 0.1) is 10.4 Å². The summed E-state index contributed by atoms with van der Waals surface area (Å²) in [7, 11) is -3.60. The van der Waals surface area contributed by atoms with Crippen LogP contribution in [0.15, 0.2) is 62.6 Å². The van der Waals surface area contributed by atoms with Crippen LogP contribution in [-0.2, 0) is 27.9 Å². The number of nitrogens with zero attached hydrogens (tertiary/aromatic N) is 4. The number of oxazole rings is 1. The summed E-state index contributed by atoms with van der Waals surface area (Å²) in [6.45, 7) is 5.01. The van der Waals surface area contributed by atoms with E-state index < -0.39 is 15.8 Å². The predicted octanol–water partition coefficient (Wildman–Crippen LogP) is 2.11. The number of aryl methyl sites for hydroxylation is 1. The third kappa shape index (κ3) is 5.05. The zero-order valence-electron chi connectivity index (χ0n) is 19.6. The molecule has 0 radical (unpaired) electrons. The molecule has 0 spiro atoms. The molecule has 0 saturated carbocycles.